The number of esters is 3. The highest BCUT2D eigenvalue weighted by molar-refractivity contribution is 7.92. The van der Waals surface area contributed by atoms with Crippen molar-refractivity contribution in [3.63, 3.8) is 0 Å². The Bertz CT molecular complexity index is 1240. The number of nitrogens with zero attached hydrogens (tertiary/aromatic N) is 1. The van der Waals surface area contributed by atoms with Gasteiger partial charge in [-0.15, -0.1) is 0 Å². The number of oxime groups is 1. The highest BCUT2D eigenvalue weighted by Gasteiger charge is 2.24. The molecule has 0 aliphatic rings. The van der Waals surface area contributed by atoms with Crippen molar-refractivity contribution in [2.75, 3.05) is 11.5 Å². The van der Waals surface area contributed by atoms with Crippen LogP contribution in [-0.4, -0.2) is 57.4 Å². The lowest BCUT2D eigenvalue weighted by Gasteiger charge is -2.07. The van der Waals surface area contributed by atoms with Gasteiger partial charge in [-0.3, -0.25) is 14.4 Å². The van der Waals surface area contributed by atoms with E-state index in [-0.39, 0.29) is 9.79 Å². The van der Waals surface area contributed by atoms with Gasteiger partial charge in [-0.1, -0.05) is 41.6 Å². The first-order valence-corrected chi connectivity index (χ1v) is 12.5. The lowest BCUT2D eigenvalue weighted by atomic mass is 10.3. The Morgan fingerprint density at radius 1 is 0.667 bits per heavy atom. The third-order valence-electron chi connectivity index (χ3n) is 3.93. The molecule has 0 heterocycles. The van der Waals surface area contributed by atoms with E-state index in [9.17, 15) is 31.2 Å². The lowest BCUT2D eigenvalue weighted by molar-refractivity contribution is -0.157. The van der Waals surface area contributed by atoms with Crippen LogP contribution in [0.2, 0.25) is 0 Å². The number of benzene rings is 2. The maximum absolute atomic E-state index is 12.2. The fourth-order valence-electron chi connectivity index (χ4n) is 2.43. The first-order valence-electron chi connectivity index (χ1n) is 9.24. The van der Waals surface area contributed by atoms with Gasteiger partial charge >= 0.3 is 17.9 Å². The van der Waals surface area contributed by atoms with Crippen LogP contribution in [0.25, 0.3) is 0 Å². The highest BCUT2D eigenvalue weighted by atomic mass is 32.2. The predicted octanol–water partition coefficient (Wildman–Crippen LogP) is 1.12. The van der Waals surface area contributed by atoms with Crippen LogP contribution in [0, 0.1) is 0 Å². The quantitative estimate of drug-likeness (QED) is 0.132. The number of carbonyl (C=O) groups excluding carboxylic acids is 3. The van der Waals surface area contributed by atoms with Crippen molar-refractivity contribution in [1.82, 2.24) is 0 Å². The largest absolute Gasteiger partial charge is 0.408 e. The van der Waals surface area contributed by atoms with Gasteiger partial charge < -0.3 is 14.7 Å². The molecule has 0 saturated carbocycles. The van der Waals surface area contributed by atoms with Gasteiger partial charge in [0.1, 0.15) is 0 Å². The molecule has 13 heteroatoms. The second kappa shape index (κ2) is 11.3. The normalized spacial score (nSPS) is 12.1. The number of sulfone groups is 2. The fourth-order valence-corrected chi connectivity index (χ4v) is 4.65. The second-order valence-electron chi connectivity index (χ2n) is 6.46. The molecule has 0 amide bonds. The summed E-state index contributed by atoms with van der Waals surface area (Å²) in [5, 5.41) is 11.6. The summed E-state index contributed by atoms with van der Waals surface area (Å²) in [5.74, 6) is -6.56. The first kappa shape index (κ1) is 25.7. The molecule has 0 fully saturated rings. The number of rotatable bonds is 9. The van der Waals surface area contributed by atoms with E-state index in [1.54, 1.807) is 12.1 Å². The summed E-state index contributed by atoms with van der Waals surface area (Å²) < 4.78 is 57.6. The Morgan fingerprint density at radius 3 is 1.52 bits per heavy atom. The average molecular weight is 498 g/mol. The van der Waals surface area contributed by atoms with E-state index in [0.29, 0.717) is 0 Å². The summed E-state index contributed by atoms with van der Waals surface area (Å²) in [5.41, 5.74) is 0. The van der Waals surface area contributed by atoms with Crippen LogP contribution < -0.4 is 0 Å². The third-order valence-corrected chi connectivity index (χ3v) is 7.15. The van der Waals surface area contributed by atoms with Crippen LogP contribution in [0.1, 0.15) is 12.8 Å². The molecule has 2 aromatic rings. The van der Waals surface area contributed by atoms with Crippen LogP contribution in [0.3, 0.4) is 0 Å². The van der Waals surface area contributed by atoms with Crippen molar-refractivity contribution < 1.29 is 45.9 Å². The second-order valence-corrected chi connectivity index (χ2v) is 10.4. The van der Waals surface area contributed by atoms with E-state index in [1.165, 1.54) is 48.5 Å². The van der Waals surface area contributed by atoms with Crippen LogP contribution in [0.4, 0.5) is 0 Å². The minimum absolute atomic E-state index is 0.114. The summed E-state index contributed by atoms with van der Waals surface area (Å²) >= 11 is 0. The van der Waals surface area contributed by atoms with E-state index >= 15 is 0 Å². The van der Waals surface area contributed by atoms with Crippen LogP contribution in [0.5, 0.6) is 0 Å². The molecule has 0 radical (unpaired) electrons. The molecule has 0 unspecified atom stereocenters. The van der Waals surface area contributed by atoms with Gasteiger partial charge in [-0.2, -0.15) is 0 Å². The molecule has 33 heavy (non-hydrogen) atoms. The SMILES string of the molecule is O=C(CC/C(=N/O)OC(=O)CS(=O)(=O)c1ccccc1)OC(=O)CS(=O)(=O)c1ccccc1. The Labute approximate surface area is 189 Å². The Kier molecular flexibility index (Phi) is 8.82. The van der Waals surface area contributed by atoms with Crippen molar-refractivity contribution >= 4 is 43.5 Å². The molecule has 0 aliphatic heterocycles. The number of hydrogen-bond acceptors (Lipinski definition) is 11. The topological polar surface area (TPSA) is 171 Å². The average Bonchev–Trinajstić information content (AvgIpc) is 2.77. The van der Waals surface area contributed by atoms with Crippen molar-refractivity contribution in [1.29, 1.82) is 0 Å². The van der Waals surface area contributed by atoms with E-state index in [2.05, 4.69) is 14.6 Å². The molecule has 0 spiro atoms. The van der Waals surface area contributed by atoms with Gasteiger partial charge in [-0.25, -0.2) is 16.8 Å². The molecule has 0 aromatic heterocycles. The predicted molar refractivity (Wildman–Crippen MR) is 113 cm³/mol. The summed E-state index contributed by atoms with van der Waals surface area (Å²) in [6, 6.07) is 14.2. The van der Waals surface area contributed by atoms with Crippen molar-refractivity contribution in [2.24, 2.45) is 5.16 Å². The smallest absolute Gasteiger partial charge is 0.329 e. The standard InChI is InChI=1S/C20H19NO10S2/c22-18(31-20(24)14-33(28,29)16-9-5-2-6-10-16)12-11-17(21-25)30-19(23)13-32(26,27)15-7-3-1-4-8-15/h1-10,25H,11-14H2/b21-17-. The summed E-state index contributed by atoms with van der Waals surface area (Å²) in [6.07, 6.45) is -1.14. The first-order chi connectivity index (χ1) is 15.5. The summed E-state index contributed by atoms with van der Waals surface area (Å²) in [4.78, 5) is 35.2. The maximum atomic E-state index is 12.2. The fraction of sp³-hybridized carbons (Fsp3) is 0.200. The Balaban J connectivity index is 1.84. The number of hydrogen-bond donors (Lipinski definition) is 1. The van der Waals surface area contributed by atoms with Gasteiger partial charge in [-0.05, 0) is 24.3 Å². The van der Waals surface area contributed by atoms with Crippen molar-refractivity contribution in [3.05, 3.63) is 60.7 Å². The molecule has 0 atom stereocenters. The monoisotopic (exact) mass is 497 g/mol. The van der Waals surface area contributed by atoms with Crippen molar-refractivity contribution in [3.8, 4) is 0 Å². The molecule has 2 aromatic carbocycles. The van der Waals surface area contributed by atoms with Gasteiger partial charge in [0, 0.05) is 6.42 Å². The van der Waals surface area contributed by atoms with Crippen molar-refractivity contribution in [2.45, 2.75) is 22.6 Å². The molecule has 0 aliphatic carbocycles. The van der Waals surface area contributed by atoms with Gasteiger partial charge in [0.2, 0.25) is 5.90 Å². The molecular formula is C20H19NO10S2. The molecule has 176 valence electrons. The minimum atomic E-state index is -4.01. The highest BCUT2D eigenvalue weighted by Crippen LogP contribution is 2.12. The zero-order valence-corrected chi connectivity index (χ0v) is 18.6. The van der Waals surface area contributed by atoms with E-state index in [4.69, 9.17) is 5.21 Å². The molecule has 2 rings (SSSR count). The molecule has 0 saturated heterocycles. The number of ether oxygens (including phenoxy) is 2. The van der Waals surface area contributed by atoms with E-state index in [1.807, 2.05) is 0 Å². The zero-order chi connectivity index (χ0) is 24.5. The van der Waals surface area contributed by atoms with Crippen LogP contribution in [0.15, 0.2) is 75.6 Å². The zero-order valence-electron chi connectivity index (χ0n) is 17.0. The molecule has 11 nitrogen and oxygen atoms in total. The Hall–Kier alpha value is -3.58. The van der Waals surface area contributed by atoms with E-state index in [0.717, 1.165) is 0 Å². The molecular weight excluding hydrogens is 478 g/mol. The number of carbonyl (C=O) groups is 3. The maximum Gasteiger partial charge on any atom is 0.329 e. The molecule has 0 bridgehead atoms. The van der Waals surface area contributed by atoms with Crippen LogP contribution in [-0.2, 0) is 43.5 Å². The minimum Gasteiger partial charge on any atom is -0.408 e. The molecule has 1 N–H and O–H groups in total. The van der Waals surface area contributed by atoms with Gasteiger partial charge in [0.15, 0.2) is 31.2 Å². The third kappa shape index (κ3) is 8.12. The Morgan fingerprint density at radius 2 is 1.09 bits per heavy atom. The summed E-state index contributed by atoms with van der Waals surface area (Å²) in [6.45, 7) is 0. The lowest BCUT2D eigenvalue weighted by Crippen LogP contribution is -2.24. The van der Waals surface area contributed by atoms with Gasteiger partial charge in [0.05, 0.1) is 16.2 Å². The van der Waals surface area contributed by atoms with Gasteiger partial charge in [0.25, 0.3) is 0 Å². The summed E-state index contributed by atoms with van der Waals surface area (Å²) in [7, 11) is -8.02. The van der Waals surface area contributed by atoms with Crippen LogP contribution >= 0.6 is 0 Å². The van der Waals surface area contributed by atoms with E-state index < -0.39 is 67.8 Å².